The Labute approximate surface area is 464 Å². The van der Waals surface area contributed by atoms with E-state index in [1.807, 2.05) is 0 Å². The quantitative estimate of drug-likeness (QED) is 0.166. The van der Waals surface area contributed by atoms with Crippen molar-refractivity contribution in [3.05, 3.63) is 239 Å². The predicted octanol–water partition coefficient (Wildman–Crippen LogP) is 20.0. The van der Waals surface area contributed by atoms with Gasteiger partial charge in [0, 0.05) is 71.3 Å². The van der Waals surface area contributed by atoms with E-state index in [-0.39, 0.29) is 28.8 Å². The predicted molar refractivity (Wildman–Crippen MR) is 333 cm³/mol. The molecule has 6 heterocycles. The van der Waals surface area contributed by atoms with Crippen LogP contribution < -0.4 is 9.80 Å². The number of fused-ring (bicyclic) bond motifs is 18. The van der Waals surface area contributed by atoms with Crippen LogP contribution in [0.25, 0.3) is 99.7 Å². The molecule has 6 nitrogen and oxygen atoms in total. The van der Waals surface area contributed by atoms with E-state index in [9.17, 15) is 0 Å². The van der Waals surface area contributed by atoms with Gasteiger partial charge in [0.2, 0.25) is 0 Å². The Morgan fingerprint density at radius 3 is 1.95 bits per heavy atom. The van der Waals surface area contributed by atoms with Gasteiger partial charge >= 0.3 is 0 Å². The molecule has 2 aliphatic carbocycles. The number of anilines is 4. The summed E-state index contributed by atoms with van der Waals surface area (Å²) in [5, 5.41) is 9.63. The minimum Gasteiger partial charge on any atom is -0.458 e. The molecule has 3 aliphatic rings. The summed E-state index contributed by atoms with van der Waals surface area (Å²) in [6, 6.07) is 69.4. The van der Waals surface area contributed by atoms with Gasteiger partial charge in [-0.25, -0.2) is 0 Å². The van der Waals surface area contributed by atoms with Gasteiger partial charge < -0.3 is 27.6 Å². The van der Waals surface area contributed by atoms with Gasteiger partial charge in [0.1, 0.15) is 16.9 Å². The summed E-state index contributed by atoms with van der Waals surface area (Å²) in [5.74, 6) is 1.07. The average molecular weight is 1040 g/mol. The van der Waals surface area contributed by atoms with Gasteiger partial charge in [-0.2, -0.15) is 0 Å². The molecule has 5 aromatic heterocycles. The molecule has 0 N–H and O–H groups in total. The molecular weight excluding hydrogens is 977 g/mol. The Hall–Kier alpha value is -9.26. The van der Waals surface area contributed by atoms with Crippen LogP contribution in [0.1, 0.15) is 99.2 Å². The molecule has 6 heteroatoms. The molecule has 80 heavy (non-hydrogen) atoms. The number of rotatable bonds is 6. The summed E-state index contributed by atoms with van der Waals surface area (Å²) in [4.78, 5) is 5.13. The molecule has 14 aromatic rings. The van der Waals surface area contributed by atoms with Crippen molar-refractivity contribution >= 4 is 117 Å². The highest BCUT2D eigenvalue weighted by Crippen LogP contribution is 2.57. The molecule has 0 spiro atoms. The van der Waals surface area contributed by atoms with Crippen molar-refractivity contribution < 1.29 is 8.83 Å². The number of nitrogens with zero attached hydrogens (tertiary/aromatic N) is 4. The Morgan fingerprint density at radius 1 is 0.500 bits per heavy atom. The van der Waals surface area contributed by atoms with Crippen LogP contribution in [0, 0.1) is 0 Å². The van der Waals surface area contributed by atoms with Crippen molar-refractivity contribution in [1.82, 2.24) is 8.97 Å². The van der Waals surface area contributed by atoms with E-state index >= 15 is 0 Å². The number of hydrogen-bond donors (Lipinski definition) is 0. The highest BCUT2D eigenvalue weighted by molar-refractivity contribution is 6.29. The van der Waals surface area contributed by atoms with E-state index in [1.165, 1.54) is 99.3 Å². The van der Waals surface area contributed by atoms with Crippen molar-refractivity contribution in [1.29, 1.82) is 0 Å². The lowest BCUT2D eigenvalue weighted by atomic mass is 9.78. The Bertz CT molecular complexity index is 4970. The van der Waals surface area contributed by atoms with Crippen LogP contribution >= 0.6 is 0 Å². The van der Waals surface area contributed by atoms with Crippen molar-refractivity contribution in [2.24, 2.45) is 0 Å². The van der Waals surface area contributed by atoms with E-state index in [4.69, 9.17) is 8.83 Å². The van der Waals surface area contributed by atoms with E-state index in [2.05, 4.69) is 273 Å². The van der Waals surface area contributed by atoms with Crippen molar-refractivity contribution in [3.63, 3.8) is 0 Å². The highest BCUT2D eigenvalue weighted by atomic mass is 16.3. The Balaban J connectivity index is 0.948. The standard InChI is InChI=1S/C74H58N4O2/c1-73(2,3)55-31-17-29-51-65-57(75(43-21-9-7-10-22-43)59-33-19-27-49-45-25-13-15-35-63(45)79-71(49)59)39-37-47-53-42-62-54(41-61(53)77(67(51)55)69(47)65)48-38-40-58(66-52-30-18-32-56(74(4,5)6)68(52)78(62)70(48)66)76(44-23-11-8-12-24-44)60-34-20-28-50-46-26-14-16-36-64(46)80-72(50)60/h7-33,35-42,58,60,66H,34H2,1-6H3. The van der Waals surface area contributed by atoms with E-state index in [0.29, 0.717) is 0 Å². The lowest BCUT2D eigenvalue weighted by molar-refractivity contribution is 0.442. The topological polar surface area (TPSA) is 42.1 Å². The molecule has 0 saturated carbocycles. The molecule has 386 valence electrons. The second-order valence-corrected chi connectivity index (χ2v) is 24.7. The fourth-order valence-electron chi connectivity index (χ4n) is 14.9. The van der Waals surface area contributed by atoms with Gasteiger partial charge in [-0.3, -0.25) is 0 Å². The normalized spacial score (nSPS) is 16.9. The molecule has 0 fully saturated rings. The molecule has 17 rings (SSSR count). The summed E-state index contributed by atoms with van der Waals surface area (Å²) in [6.45, 7) is 14.2. The Morgan fingerprint density at radius 2 is 1.16 bits per heavy atom. The molecule has 0 bridgehead atoms. The largest absolute Gasteiger partial charge is 0.458 e. The molecule has 1 aliphatic heterocycles. The van der Waals surface area contributed by atoms with Crippen LogP contribution in [0.3, 0.4) is 0 Å². The number of aromatic nitrogens is 2. The highest BCUT2D eigenvalue weighted by Gasteiger charge is 2.46. The lowest BCUT2D eigenvalue weighted by Gasteiger charge is -2.42. The SMILES string of the molecule is CC(C)(C)c1cccc2c1-n1c3c(c4cc5c(cc41)c1ccc(N(c4ccccc4)c4cccc6c4oc4ccccc46)c4c6cccc(C(C)(C)C)c6n5c14)C=CC(N(c1ccccc1)C1CC=Cc4c1oc1ccccc41)C23. The van der Waals surface area contributed by atoms with Crippen molar-refractivity contribution in [2.45, 2.75) is 76.8 Å². The summed E-state index contributed by atoms with van der Waals surface area (Å²) < 4.78 is 19.1. The minimum atomic E-state index is -0.150. The fourth-order valence-corrected chi connectivity index (χ4v) is 14.9. The van der Waals surface area contributed by atoms with Gasteiger partial charge in [0.05, 0.1) is 57.1 Å². The first-order valence-corrected chi connectivity index (χ1v) is 28.4. The fraction of sp³-hybridized carbons (Fsp3) is 0.162. The molecular formula is C74H58N4O2. The van der Waals surface area contributed by atoms with Gasteiger partial charge in [0.25, 0.3) is 0 Å². The maximum absolute atomic E-state index is 6.94. The smallest absolute Gasteiger partial charge is 0.159 e. The van der Waals surface area contributed by atoms with Crippen LogP contribution in [-0.4, -0.2) is 15.0 Å². The third-order valence-corrected chi connectivity index (χ3v) is 18.1. The van der Waals surface area contributed by atoms with E-state index in [0.717, 1.165) is 56.8 Å². The molecule has 0 saturated heterocycles. The summed E-state index contributed by atoms with van der Waals surface area (Å²) in [7, 11) is 0. The number of hydrogen-bond acceptors (Lipinski definition) is 4. The molecule has 3 unspecified atom stereocenters. The zero-order valence-electron chi connectivity index (χ0n) is 45.8. The third kappa shape index (κ3) is 6.14. The second kappa shape index (κ2) is 16.2. The first-order valence-electron chi connectivity index (χ1n) is 28.4. The molecule has 3 atom stereocenters. The number of furan rings is 2. The maximum Gasteiger partial charge on any atom is 0.159 e. The maximum atomic E-state index is 6.94. The minimum absolute atomic E-state index is 0.0201. The second-order valence-electron chi connectivity index (χ2n) is 24.7. The summed E-state index contributed by atoms with van der Waals surface area (Å²) >= 11 is 0. The van der Waals surface area contributed by atoms with Crippen LogP contribution in [0.2, 0.25) is 0 Å². The lowest BCUT2D eigenvalue weighted by Crippen LogP contribution is -2.42. The van der Waals surface area contributed by atoms with E-state index in [1.54, 1.807) is 0 Å². The molecule has 0 radical (unpaired) electrons. The zero-order valence-corrected chi connectivity index (χ0v) is 45.8. The summed E-state index contributed by atoms with van der Waals surface area (Å²) in [6.07, 6.45) is 10.5. The van der Waals surface area contributed by atoms with Crippen LogP contribution in [0.4, 0.5) is 22.7 Å². The van der Waals surface area contributed by atoms with Gasteiger partial charge in [-0.05, 0) is 94.6 Å². The third-order valence-electron chi connectivity index (χ3n) is 18.1. The van der Waals surface area contributed by atoms with Gasteiger partial charge in [-0.15, -0.1) is 0 Å². The number of benzene rings is 9. The van der Waals surface area contributed by atoms with Gasteiger partial charge in [0.15, 0.2) is 5.58 Å². The molecule has 0 amide bonds. The Kier molecular flexibility index (Phi) is 9.25. The zero-order chi connectivity index (χ0) is 53.5. The van der Waals surface area contributed by atoms with Crippen LogP contribution in [-0.2, 0) is 10.8 Å². The van der Waals surface area contributed by atoms with Crippen LogP contribution in [0.5, 0.6) is 0 Å². The van der Waals surface area contributed by atoms with Crippen molar-refractivity contribution in [3.8, 4) is 5.69 Å². The average Bonchev–Trinajstić information content (AvgIpc) is 4.25. The van der Waals surface area contributed by atoms with Gasteiger partial charge in [-0.1, -0.05) is 193 Å². The summed E-state index contributed by atoms with van der Waals surface area (Å²) in [5.41, 5.74) is 21.0. The monoisotopic (exact) mass is 1030 g/mol. The molecule has 9 aromatic carbocycles. The number of para-hydroxylation sites is 7. The van der Waals surface area contributed by atoms with E-state index < -0.39 is 0 Å². The first kappa shape index (κ1) is 45.7. The first-order chi connectivity index (χ1) is 39.0. The van der Waals surface area contributed by atoms with Crippen LogP contribution in [0.15, 0.2) is 209 Å². The van der Waals surface area contributed by atoms with Crippen molar-refractivity contribution in [2.75, 3.05) is 9.80 Å².